The molecule has 0 bridgehead atoms. The lowest BCUT2D eigenvalue weighted by molar-refractivity contribution is -0.727. The molecule has 3 aromatic rings. The fraction of sp³-hybridized carbons (Fsp3) is 0.154. The minimum atomic E-state index is -0.0774. The van der Waals surface area contributed by atoms with Crippen LogP contribution in [0.3, 0.4) is 0 Å². The molecule has 0 fully saturated rings. The van der Waals surface area contributed by atoms with Crippen molar-refractivity contribution in [3.8, 4) is 22.6 Å². The molecule has 1 N–H and O–H groups in total. The zero-order chi connectivity index (χ0) is 20.9. The molecule has 0 saturated carbocycles. The van der Waals surface area contributed by atoms with Gasteiger partial charge in [-0.1, -0.05) is 42.0 Å². The molecule has 0 saturated heterocycles. The Hall–Kier alpha value is -3.34. The molecule has 1 aliphatic rings. The van der Waals surface area contributed by atoms with E-state index in [1.54, 1.807) is 7.11 Å². The van der Waals surface area contributed by atoms with Gasteiger partial charge < -0.3 is 19.7 Å². The van der Waals surface area contributed by atoms with E-state index in [4.69, 9.17) is 9.47 Å². The van der Waals surface area contributed by atoms with Gasteiger partial charge in [0.05, 0.1) is 7.11 Å². The van der Waals surface area contributed by atoms with Crippen LogP contribution >= 0.6 is 0 Å². The fourth-order valence-electron chi connectivity index (χ4n) is 3.41. The van der Waals surface area contributed by atoms with Gasteiger partial charge in [0.25, 0.3) is 0 Å². The fourth-order valence-corrected chi connectivity index (χ4v) is 3.41. The monoisotopic (exact) mass is 399 g/mol. The number of ether oxygens (including phenoxy) is 2. The van der Waals surface area contributed by atoms with Crippen molar-refractivity contribution in [1.82, 2.24) is 0 Å². The SMILES string of the molecule is COc1ccc(-c2ccc(OC3C=CC([NH+]([O-])c4ccc(C)cc4)=CC3)cc2)cc1. The molecule has 1 aliphatic carbocycles. The number of nitrogens with one attached hydrogen (secondary N) is 1. The first-order valence-corrected chi connectivity index (χ1v) is 10.0. The molecular weight excluding hydrogens is 374 g/mol. The van der Waals surface area contributed by atoms with Gasteiger partial charge in [0.2, 0.25) is 0 Å². The predicted molar refractivity (Wildman–Crippen MR) is 120 cm³/mol. The van der Waals surface area contributed by atoms with Crippen LogP contribution in [0.2, 0.25) is 0 Å². The van der Waals surface area contributed by atoms with E-state index in [9.17, 15) is 5.21 Å². The van der Waals surface area contributed by atoms with Gasteiger partial charge in [0.15, 0.2) is 0 Å². The van der Waals surface area contributed by atoms with Crippen LogP contribution in [-0.4, -0.2) is 13.2 Å². The highest BCUT2D eigenvalue weighted by Gasteiger charge is 2.15. The average molecular weight is 399 g/mol. The Bertz CT molecular complexity index is 1040. The Kier molecular flexibility index (Phi) is 5.98. The molecule has 0 spiro atoms. The smallest absolute Gasteiger partial charge is 0.136 e. The highest BCUT2D eigenvalue weighted by Crippen LogP contribution is 2.25. The molecule has 0 amide bonds. The number of aryl methyl sites for hydroxylation is 1. The maximum atomic E-state index is 12.6. The van der Waals surface area contributed by atoms with E-state index in [2.05, 4.69) is 0 Å². The first kappa shape index (κ1) is 20.0. The highest BCUT2D eigenvalue weighted by molar-refractivity contribution is 5.64. The largest absolute Gasteiger partial charge is 0.623 e. The summed E-state index contributed by atoms with van der Waals surface area (Å²) in [6, 6.07) is 23.7. The van der Waals surface area contributed by atoms with Crippen molar-refractivity contribution >= 4 is 5.69 Å². The van der Waals surface area contributed by atoms with Crippen molar-refractivity contribution in [2.24, 2.45) is 0 Å². The molecule has 152 valence electrons. The van der Waals surface area contributed by atoms with E-state index in [1.807, 2.05) is 97.9 Å². The summed E-state index contributed by atoms with van der Waals surface area (Å²) in [7, 11) is 1.66. The molecule has 2 atom stereocenters. The number of rotatable bonds is 6. The van der Waals surface area contributed by atoms with Crippen LogP contribution in [0.4, 0.5) is 5.69 Å². The molecule has 4 heteroatoms. The van der Waals surface area contributed by atoms with Crippen LogP contribution in [0.25, 0.3) is 11.1 Å². The van der Waals surface area contributed by atoms with Crippen LogP contribution in [0.1, 0.15) is 12.0 Å². The predicted octanol–water partition coefficient (Wildman–Crippen LogP) is 4.98. The van der Waals surface area contributed by atoms with E-state index in [0.29, 0.717) is 17.8 Å². The topological polar surface area (TPSA) is 46.0 Å². The zero-order valence-corrected chi connectivity index (χ0v) is 17.2. The number of benzene rings is 3. The number of hydroxylamine groups is 1. The minimum absolute atomic E-state index is 0.0496. The number of methoxy groups -OCH3 is 1. The van der Waals surface area contributed by atoms with Crippen LogP contribution in [0.5, 0.6) is 11.5 Å². The summed E-state index contributed by atoms with van der Waals surface area (Å²) in [5.74, 6) is 1.65. The van der Waals surface area contributed by atoms with E-state index in [1.165, 1.54) is 0 Å². The molecule has 0 heterocycles. The van der Waals surface area contributed by atoms with Gasteiger partial charge in [0, 0.05) is 18.6 Å². The summed E-state index contributed by atoms with van der Waals surface area (Å²) in [5.41, 5.74) is 4.82. The van der Waals surface area contributed by atoms with Crippen molar-refractivity contribution in [3.63, 3.8) is 0 Å². The molecule has 0 aliphatic heterocycles. The number of hydrogen-bond acceptors (Lipinski definition) is 3. The van der Waals surface area contributed by atoms with Crippen molar-refractivity contribution < 1.29 is 14.5 Å². The Morgan fingerprint density at radius 2 is 1.43 bits per heavy atom. The number of hydrogen-bond donors (Lipinski definition) is 1. The second kappa shape index (κ2) is 8.99. The van der Waals surface area contributed by atoms with Gasteiger partial charge in [-0.25, -0.2) is 0 Å². The van der Waals surface area contributed by atoms with Crippen molar-refractivity contribution in [1.29, 1.82) is 0 Å². The van der Waals surface area contributed by atoms with Crippen molar-refractivity contribution in [2.75, 3.05) is 7.11 Å². The number of quaternary nitrogens is 1. The summed E-state index contributed by atoms with van der Waals surface area (Å²) in [6.07, 6.45) is 6.37. The Morgan fingerprint density at radius 1 is 0.833 bits per heavy atom. The van der Waals surface area contributed by atoms with Crippen molar-refractivity contribution in [3.05, 3.63) is 107 Å². The summed E-state index contributed by atoms with van der Waals surface area (Å²) in [5, 5.41) is 12.7. The standard InChI is InChI=1S/C26H25NO3/c1-19-3-9-22(10-4-19)27(28)23-11-17-26(18-12-23)30-25-15-7-21(8-16-25)20-5-13-24(29-2)14-6-20/h3-17,26-27H,18H2,1-2H3. The van der Waals surface area contributed by atoms with Crippen LogP contribution < -0.4 is 14.5 Å². The Labute approximate surface area is 177 Å². The van der Waals surface area contributed by atoms with Gasteiger partial charge in [-0.05, 0) is 60.5 Å². The molecular formula is C26H25NO3. The average Bonchev–Trinajstić information content (AvgIpc) is 2.80. The van der Waals surface area contributed by atoms with Gasteiger partial charge in [-0.3, -0.25) is 0 Å². The van der Waals surface area contributed by atoms with E-state index in [0.717, 1.165) is 28.2 Å². The minimum Gasteiger partial charge on any atom is -0.623 e. The lowest BCUT2D eigenvalue weighted by Crippen LogP contribution is -2.99. The number of allylic oxidation sites excluding steroid dienone is 1. The second-order valence-electron chi connectivity index (χ2n) is 7.36. The first-order chi connectivity index (χ1) is 14.6. The Morgan fingerprint density at radius 3 is 1.97 bits per heavy atom. The first-order valence-electron chi connectivity index (χ1n) is 10.0. The van der Waals surface area contributed by atoms with Gasteiger partial charge in [-0.15, -0.1) is 0 Å². The van der Waals surface area contributed by atoms with E-state index >= 15 is 0 Å². The molecule has 4 nitrogen and oxygen atoms in total. The van der Waals surface area contributed by atoms with Gasteiger partial charge in [0.1, 0.15) is 29.0 Å². The molecule has 2 unspecified atom stereocenters. The van der Waals surface area contributed by atoms with Crippen LogP contribution in [-0.2, 0) is 0 Å². The zero-order valence-electron chi connectivity index (χ0n) is 17.2. The summed E-state index contributed by atoms with van der Waals surface area (Å²) < 4.78 is 11.3. The lowest BCUT2D eigenvalue weighted by atomic mass is 10.1. The second-order valence-corrected chi connectivity index (χ2v) is 7.36. The quantitative estimate of drug-likeness (QED) is 0.595. The summed E-state index contributed by atoms with van der Waals surface area (Å²) in [6.45, 7) is 2.01. The highest BCUT2D eigenvalue weighted by atomic mass is 16.5. The van der Waals surface area contributed by atoms with E-state index in [-0.39, 0.29) is 11.2 Å². The molecule has 3 aromatic carbocycles. The lowest BCUT2D eigenvalue weighted by Gasteiger charge is -2.25. The Balaban J connectivity index is 1.36. The maximum Gasteiger partial charge on any atom is 0.136 e. The van der Waals surface area contributed by atoms with Gasteiger partial charge >= 0.3 is 0 Å². The molecule has 0 radical (unpaired) electrons. The van der Waals surface area contributed by atoms with Gasteiger partial charge in [-0.2, -0.15) is 0 Å². The van der Waals surface area contributed by atoms with E-state index < -0.39 is 0 Å². The molecule has 4 rings (SSSR count). The molecule has 30 heavy (non-hydrogen) atoms. The normalized spacial score (nSPS) is 16.6. The third-order valence-electron chi connectivity index (χ3n) is 5.20. The summed E-state index contributed by atoms with van der Waals surface area (Å²) >= 11 is 0. The van der Waals surface area contributed by atoms with Crippen LogP contribution in [0.15, 0.2) is 96.7 Å². The van der Waals surface area contributed by atoms with Crippen LogP contribution in [0, 0.1) is 12.1 Å². The third kappa shape index (κ3) is 4.62. The third-order valence-corrected chi connectivity index (χ3v) is 5.20. The molecule has 0 aromatic heterocycles. The van der Waals surface area contributed by atoms with Crippen molar-refractivity contribution in [2.45, 2.75) is 19.4 Å². The maximum absolute atomic E-state index is 12.6. The summed E-state index contributed by atoms with van der Waals surface area (Å²) in [4.78, 5) is 0.